The number of carbonyl (C=O) groups is 2. The van der Waals surface area contributed by atoms with Gasteiger partial charge in [-0.15, -0.1) is 6.58 Å². The van der Waals surface area contributed by atoms with Gasteiger partial charge < -0.3 is 43.6 Å². The van der Waals surface area contributed by atoms with Crippen molar-refractivity contribution >= 4 is 23.8 Å². The van der Waals surface area contributed by atoms with Crippen molar-refractivity contribution in [1.82, 2.24) is 4.90 Å². The summed E-state index contributed by atoms with van der Waals surface area (Å²) in [5, 5.41) is 36.0. The average molecular weight is 884 g/mol. The Morgan fingerprint density at radius 1 is 1.03 bits per heavy atom. The number of aliphatic hydroxyl groups excluding tert-OH is 2. The highest BCUT2D eigenvalue weighted by atomic mass is 16.7. The maximum atomic E-state index is 14.1. The number of likely N-dealkylation sites (N-methyl/N-ethyl adjacent to an activating group) is 1. The number of fused-ring (bicyclic) bond motifs is 2. The fourth-order valence-electron chi connectivity index (χ4n) is 9.20. The van der Waals surface area contributed by atoms with Crippen molar-refractivity contribution in [2.75, 3.05) is 40.6 Å². The lowest BCUT2D eigenvalue weighted by atomic mass is 9.55. The number of nitrogens with zero attached hydrogens (tertiary/aromatic N) is 3. The molecular weight excluding hydrogens is 823 g/mol. The SMILES string of the molecule is C=CCOC12Oc3ccc(Oc4ccc(OC)c(C=O)c4)cc3C3C(CCCCO)C(CCCCO)C=C(C(=NOCc4ccc([N+](=O)[O-])cc4)CC1N(C)C(=O)OCC(C)(C)C)C32. The quantitative estimate of drug-likeness (QED) is 0.0340. The molecule has 2 N–H and O–H groups in total. The highest BCUT2D eigenvalue weighted by Gasteiger charge is 2.65. The number of nitro groups is 1. The fourth-order valence-corrected chi connectivity index (χ4v) is 9.20. The Morgan fingerprint density at radius 3 is 2.39 bits per heavy atom. The van der Waals surface area contributed by atoms with Crippen molar-refractivity contribution in [2.24, 2.45) is 28.3 Å². The Balaban J connectivity index is 1.54. The predicted molar refractivity (Wildman–Crippen MR) is 240 cm³/mol. The molecule has 64 heavy (non-hydrogen) atoms. The molecule has 3 aromatic rings. The molecule has 0 spiro atoms. The second-order valence-corrected chi connectivity index (χ2v) is 17.8. The van der Waals surface area contributed by atoms with E-state index in [4.69, 9.17) is 33.7 Å². The van der Waals surface area contributed by atoms with Crippen LogP contribution < -0.4 is 14.2 Å². The lowest BCUT2D eigenvalue weighted by Gasteiger charge is -2.59. The Hall–Kier alpha value is -5.77. The normalized spacial score (nSPS) is 22.8. The molecule has 1 fully saturated rings. The van der Waals surface area contributed by atoms with Gasteiger partial charge in [0.15, 0.2) is 6.29 Å². The van der Waals surface area contributed by atoms with Crippen LogP contribution in [0.2, 0.25) is 0 Å². The largest absolute Gasteiger partial charge is 0.496 e. The summed E-state index contributed by atoms with van der Waals surface area (Å²) >= 11 is 0. The molecule has 0 aromatic heterocycles. The van der Waals surface area contributed by atoms with Crippen LogP contribution >= 0.6 is 0 Å². The van der Waals surface area contributed by atoms with E-state index in [0.29, 0.717) is 59.0 Å². The number of rotatable bonds is 21. The number of non-ortho nitro benzene ring substituents is 1. The number of oxime groups is 1. The average Bonchev–Trinajstić information content (AvgIpc) is 3.28. The van der Waals surface area contributed by atoms with Crippen molar-refractivity contribution in [3.8, 4) is 23.0 Å². The molecule has 344 valence electrons. The number of methoxy groups -OCH3 is 1. The van der Waals surface area contributed by atoms with Gasteiger partial charge in [-0.3, -0.25) is 14.9 Å². The molecule has 6 unspecified atom stereocenters. The van der Waals surface area contributed by atoms with E-state index in [1.807, 2.05) is 32.9 Å². The number of aldehydes is 1. The highest BCUT2D eigenvalue weighted by Crippen LogP contribution is 2.62. The van der Waals surface area contributed by atoms with Crippen molar-refractivity contribution in [1.29, 1.82) is 0 Å². The highest BCUT2D eigenvalue weighted by molar-refractivity contribution is 6.03. The van der Waals surface area contributed by atoms with Gasteiger partial charge in [0.05, 0.1) is 42.4 Å². The van der Waals surface area contributed by atoms with Crippen LogP contribution in [-0.2, 0) is 20.9 Å². The number of hydrogen-bond acceptors (Lipinski definition) is 13. The van der Waals surface area contributed by atoms with E-state index in [2.05, 4.69) is 12.7 Å². The Labute approximate surface area is 374 Å². The van der Waals surface area contributed by atoms with E-state index < -0.39 is 28.8 Å². The Bertz CT molecular complexity index is 2180. The molecule has 6 atom stereocenters. The van der Waals surface area contributed by atoms with E-state index >= 15 is 0 Å². The summed E-state index contributed by atoms with van der Waals surface area (Å²) in [5.74, 6) is -0.551. The number of hydrogen-bond donors (Lipinski definition) is 2. The van der Waals surface area contributed by atoms with Gasteiger partial charge in [0.25, 0.3) is 5.69 Å². The van der Waals surface area contributed by atoms with Crippen LogP contribution in [0, 0.1) is 33.3 Å². The van der Waals surface area contributed by atoms with Gasteiger partial charge in [0.2, 0.25) is 5.79 Å². The van der Waals surface area contributed by atoms with E-state index in [0.717, 1.165) is 36.8 Å². The second kappa shape index (κ2) is 21.3. The minimum atomic E-state index is -1.49. The standard InChI is InChI=1S/C49H61N3O12/c1-7-24-61-49-44(51(5)47(56)60-31-48(2,3)4)28-41(50-62-30-32-14-16-35(17-15-32)52(57)58)39-26-33(12-8-10-22-53)38(13-9-11-23-54)45(46(39)49)40-27-37(19-21-43(40)64-49)63-36-18-20-42(59-6)34(25-36)29-55/h7,14-21,25-27,29,33,38,44-46,53-54H,1,8-13,22-24,28,30-31H2,2-6H3. The third kappa shape index (κ3) is 10.8. The monoisotopic (exact) mass is 883 g/mol. The van der Waals surface area contributed by atoms with Gasteiger partial charge in [0.1, 0.15) is 35.6 Å². The molecule has 0 bridgehead atoms. The summed E-state index contributed by atoms with van der Waals surface area (Å²) in [6.07, 6.45) is 8.38. The van der Waals surface area contributed by atoms with E-state index in [1.165, 1.54) is 24.1 Å². The Morgan fingerprint density at radius 2 is 1.73 bits per heavy atom. The van der Waals surface area contributed by atoms with Gasteiger partial charge in [-0.25, -0.2) is 4.79 Å². The predicted octanol–water partition coefficient (Wildman–Crippen LogP) is 9.16. The van der Waals surface area contributed by atoms with Crippen LogP contribution in [0.3, 0.4) is 0 Å². The molecule has 3 aliphatic rings. The van der Waals surface area contributed by atoms with Crippen LogP contribution in [-0.4, -0.2) is 90.5 Å². The number of nitro benzene ring substituents is 1. The van der Waals surface area contributed by atoms with Gasteiger partial charge in [0, 0.05) is 50.3 Å². The number of allylic oxidation sites excluding steroid dienone is 1. The first kappa shape index (κ1) is 47.7. The summed E-state index contributed by atoms with van der Waals surface area (Å²) in [5.41, 5.74) is 2.92. The minimum absolute atomic E-state index is 0.0169. The van der Waals surface area contributed by atoms with E-state index in [9.17, 15) is 29.9 Å². The second-order valence-electron chi connectivity index (χ2n) is 17.8. The smallest absolute Gasteiger partial charge is 0.410 e. The lowest BCUT2D eigenvalue weighted by Crippen LogP contribution is -2.69. The molecule has 1 saturated carbocycles. The zero-order valence-corrected chi connectivity index (χ0v) is 37.4. The third-order valence-corrected chi connectivity index (χ3v) is 12.1. The summed E-state index contributed by atoms with van der Waals surface area (Å²) < 4.78 is 31.9. The zero-order valence-electron chi connectivity index (χ0n) is 37.4. The van der Waals surface area contributed by atoms with Crippen LogP contribution in [0.15, 0.2) is 90.1 Å². The van der Waals surface area contributed by atoms with Gasteiger partial charge in [-0.05, 0) is 103 Å². The molecule has 3 aromatic carbocycles. The van der Waals surface area contributed by atoms with Crippen LogP contribution in [0.1, 0.15) is 93.1 Å². The molecule has 15 nitrogen and oxygen atoms in total. The first-order valence-electron chi connectivity index (χ1n) is 21.9. The topological polar surface area (TPSA) is 189 Å². The molecule has 1 heterocycles. The van der Waals surface area contributed by atoms with Crippen LogP contribution in [0.4, 0.5) is 10.5 Å². The van der Waals surface area contributed by atoms with Crippen molar-refractivity contribution in [3.63, 3.8) is 0 Å². The maximum absolute atomic E-state index is 14.1. The number of amides is 1. The molecule has 15 heteroatoms. The first-order valence-corrected chi connectivity index (χ1v) is 21.9. The number of ether oxygens (including phenoxy) is 5. The first-order chi connectivity index (χ1) is 30.8. The van der Waals surface area contributed by atoms with Gasteiger partial charge in [-0.2, -0.15) is 0 Å². The molecule has 0 radical (unpaired) electrons. The minimum Gasteiger partial charge on any atom is -0.496 e. The number of benzene rings is 3. The number of unbranched alkanes of at least 4 members (excludes halogenated alkanes) is 2. The van der Waals surface area contributed by atoms with E-state index in [1.54, 1.807) is 49.5 Å². The molecule has 0 saturated heterocycles. The summed E-state index contributed by atoms with van der Waals surface area (Å²) in [6, 6.07) is 15.9. The van der Waals surface area contributed by atoms with Gasteiger partial charge in [-0.1, -0.05) is 50.9 Å². The van der Waals surface area contributed by atoms with Crippen molar-refractivity contribution in [3.05, 3.63) is 112 Å². The zero-order chi connectivity index (χ0) is 46.0. The van der Waals surface area contributed by atoms with E-state index in [-0.39, 0.29) is 68.3 Å². The van der Waals surface area contributed by atoms with Crippen LogP contribution in [0.5, 0.6) is 23.0 Å². The molecule has 6 rings (SSSR count). The molecule has 1 aliphatic heterocycles. The summed E-state index contributed by atoms with van der Waals surface area (Å²) in [4.78, 5) is 44.6. The Kier molecular flexibility index (Phi) is 15.9. The molecular formula is C49H61N3O12. The number of aliphatic hydroxyl groups is 2. The summed E-state index contributed by atoms with van der Waals surface area (Å²) in [6.45, 7) is 10.3. The maximum Gasteiger partial charge on any atom is 0.410 e. The summed E-state index contributed by atoms with van der Waals surface area (Å²) in [7, 11) is 3.17. The van der Waals surface area contributed by atoms with Crippen molar-refractivity contribution < 1.29 is 53.2 Å². The molecule has 1 amide bonds. The van der Waals surface area contributed by atoms with Crippen LogP contribution in [0.25, 0.3) is 0 Å². The van der Waals surface area contributed by atoms with Gasteiger partial charge >= 0.3 is 6.09 Å². The third-order valence-electron chi connectivity index (χ3n) is 12.1. The lowest BCUT2D eigenvalue weighted by molar-refractivity contribution is -0.384. The fraction of sp³-hybridized carbons (Fsp3) is 0.490. The van der Waals surface area contributed by atoms with Crippen molar-refractivity contribution in [2.45, 2.75) is 90.1 Å². The number of carbonyl (C=O) groups excluding carboxylic acids is 2. The molecule has 2 aliphatic carbocycles.